The van der Waals surface area contributed by atoms with Crippen molar-refractivity contribution in [2.24, 2.45) is 0 Å². The lowest BCUT2D eigenvalue weighted by atomic mass is 10.5. The Morgan fingerprint density at radius 1 is 1.38 bits per heavy atom. The number of aliphatic hydroxyl groups excluding tert-OH is 1. The maximum absolute atomic E-state index is 11.8. The third kappa shape index (κ3) is 3.96. The Morgan fingerprint density at radius 3 is 2.00 bits per heavy atom. The highest BCUT2D eigenvalue weighted by Gasteiger charge is 2.37. The second kappa shape index (κ2) is 5.99. The van der Waals surface area contributed by atoms with E-state index in [-0.39, 0.29) is 13.2 Å². The Hall–Kier alpha value is 0.400. The Labute approximate surface area is 83.7 Å². The van der Waals surface area contributed by atoms with Gasteiger partial charge in [-0.25, -0.2) is 0 Å². The third-order valence-electron chi connectivity index (χ3n) is 1.32. The van der Waals surface area contributed by atoms with Crippen molar-refractivity contribution in [3.63, 3.8) is 0 Å². The van der Waals surface area contributed by atoms with E-state index in [4.69, 9.17) is 25.8 Å². The summed E-state index contributed by atoms with van der Waals surface area (Å²) >= 11 is 5.72. The van der Waals surface area contributed by atoms with Gasteiger partial charge in [-0.05, 0) is 20.8 Å². The zero-order valence-corrected chi connectivity index (χ0v) is 9.72. The minimum atomic E-state index is -3.35. The van der Waals surface area contributed by atoms with Gasteiger partial charge in [0.2, 0.25) is 0 Å². The molecular weight excluding hydrogens is 214 g/mol. The van der Waals surface area contributed by atoms with Gasteiger partial charge in [0.25, 0.3) is 0 Å². The van der Waals surface area contributed by atoms with E-state index in [9.17, 15) is 4.57 Å². The number of hydrogen-bond acceptors (Lipinski definition) is 4. The predicted molar refractivity (Wildman–Crippen MR) is 52.2 cm³/mol. The molecule has 0 aliphatic carbocycles. The van der Waals surface area contributed by atoms with Crippen LogP contribution in [0.15, 0.2) is 0 Å². The van der Waals surface area contributed by atoms with Gasteiger partial charge >= 0.3 is 7.60 Å². The van der Waals surface area contributed by atoms with E-state index >= 15 is 0 Å². The van der Waals surface area contributed by atoms with Gasteiger partial charge in [0.05, 0.1) is 19.3 Å². The van der Waals surface area contributed by atoms with E-state index in [2.05, 4.69) is 0 Å². The van der Waals surface area contributed by atoms with Crippen LogP contribution in [0.4, 0.5) is 0 Å². The molecule has 80 valence electrons. The largest absolute Gasteiger partial charge is 0.391 e. The molecule has 6 heteroatoms. The Kier molecular flexibility index (Phi) is 6.18. The van der Waals surface area contributed by atoms with E-state index in [1.807, 2.05) is 0 Å². The van der Waals surface area contributed by atoms with Gasteiger partial charge in [-0.1, -0.05) is 0 Å². The van der Waals surface area contributed by atoms with Gasteiger partial charge in [-0.15, -0.1) is 11.6 Å². The second-order valence-corrected chi connectivity index (χ2v) is 5.42. The van der Waals surface area contributed by atoms with Crippen LogP contribution in [0.1, 0.15) is 20.8 Å². The first-order valence-corrected chi connectivity index (χ1v) is 6.23. The molecule has 0 saturated carbocycles. The highest BCUT2D eigenvalue weighted by molar-refractivity contribution is 7.56. The van der Waals surface area contributed by atoms with Crippen LogP contribution in [-0.4, -0.2) is 29.5 Å². The normalized spacial score (nSPS) is 17.0. The fraction of sp³-hybridized carbons (Fsp3) is 1.00. The highest BCUT2D eigenvalue weighted by atomic mass is 35.5. The summed E-state index contributed by atoms with van der Waals surface area (Å²) < 4.78 is 21.7. The van der Waals surface area contributed by atoms with Crippen LogP contribution in [-0.2, 0) is 13.6 Å². The maximum Gasteiger partial charge on any atom is 0.351 e. The summed E-state index contributed by atoms with van der Waals surface area (Å²) in [6, 6.07) is 0. The molecular formula is C7H16ClO4P. The molecule has 2 atom stereocenters. The summed E-state index contributed by atoms with van der Waals surface area (Å²) in [7, 11) is -3.35. The number of rotatable bonds is 6. The van der Waals surface area contributed by atoms with Crippen molar-refractivity contribution in [3.05, 3.63) is 0 Å². The first kappa shape index (κ1) is 13.4. The summed E-state index contributed by atoms with van der Waals surface area (Å²) in [4.78, 5) is 0. The first-order chi connectivity index (χ1) is 5.98. The average Bonchev–Trinajstić information content (AvgIpc) is 2.03. The summed E-state index contributed by atoms with van der Waals surface area (Å²) in [5, 5.41) is 8.14. The van der Waals surface area contributed by atoms with Crippen LogP contribution >= 0.6 is 19.2 Å². The number of alkyl halides is 1. The molecule has 13 heavy (non-hydrogen) atoms. The van der Waals surface area contributed by atoms with Crippen molar-refractivity contribution < 1.29 is 18.7 Å². The average molecular weight is 231 g/mol. The molecule has 0 fully saturated rings. The van der Waals surface area contributed by atoms with Crippen molar-refractivity contribution in [1.29, 1.82) is 0 Å². The molecule has 0 unspecified atom stereocenters. The van der Waals surface area contributed by atoms with Gasteiger partial charge in [0.1, 0.15) is 0 Å². The lowest BCUT2D eigenvalue weighted by Gasteiger charge is -2.23. The second-order valence-electron chi connectivity index (χ2n) is 2.49. The molecule has 0 heterocycles. The van der Waals surface area contributed by atoms with Gasteiger partial charge < -0.3 is 14.2 Å². The zero-order valence-electron chi connectivity index (χ0n) is 8.07. The molecule has 0 aliphatic rings. The number of aliphatic hydroxyl groups is 1. The van der Waals surface area contributed by atoms with Crippen molar-refractivity contribution in [2.45, 2.75) is 32.0 Å². The van der Waals surface area contributed by atoms with E-state index in [0.717, 1.165) is 0 Å². The quantitative estimate of drug-likeness (QED) is 0.561. The fourth-order valence-corrected chi connectivity index (χ4v) is 2.75. The molecule has 1 N–H and O–H groups in total. The maximum atomic E-state index is 11.8. The smallest absolute Gasteiger partial charge is 0.351 e. The molecule has 0 aromatic heterocycles. The Bertz CT molecular complexity index is 175. The van der Waals surface area contributed by atoms with Crippen LogP contribution in [0.3, 0.4) is 0 Å². The number of halogens is 1. The standard InChI is InChI=1S/C7H16ClO4P/c1-4-11-13(10,12-5-2)7(8)6(3)9/h6-7,9H,4-5H2,1-3H3/t6-,7-/m1/s1. The van der Waals surface area contributed by atoms with Gasteiger partial charge in [0.15, 0.2) is 5.12 Å². The van der Waals surface area contributed by atoms with Crippen molar-refractivity contribution in [3.8, 4) is 0 Å². The molecule has 0 saturated heterocycles. The molecule has 0 spiro atoms. The SMILES string of the molecule is CCOP(=O)(OCC)[C@@H](Cl)[C@@H](C)O. The van der Waals surface area contributed by atoms with Gasteiger partial charge in [-0.2, -0.15) is 0 Å². The minimum Gasteiger partial charge on any atom is -0.391 e. The minimum absolute atomic E-state index is 0.243. The molecule has 0 aromatic rings. The van der Waals surface area contributed by atoms with Gasteiger partial charge in [0, 0.05) is 0 Å². The van der Waals surface area contributed by atoms with Crippen molar-refractivity contribution in [1.82, 2.24) is 0 Å². The molecule has 0 rings (SSSR count). The van der Waals surface area contributed by atoms with E-state index in [0.29, 0.717) is 0 Å². The first-order valence-electron chi connectivity index (χ1n) is 4.18. The van der Waals surface area contributed by atoms with Crippen molar-refractivity contribution >= 4 is 19.2 Å². The van der Waals surface area contributed by atoms with Crippen LogP contribution in [0, 0.1) is 0 Å². The summed E-state index contributed by atoms with van der Waals surface area (Å²) in [6.45, 7) is 5.32. The lowest BCUT2D eigenvalue weighted by molar-refractivity contribution is 0.171. The molecule has 0 radical (unpaired) electrons. The van der Waals surface area contributed by atoms with Crippen molar-refractivity contribution in [2.75, 3.05) is 13.2 Å². The van der Waals surface area contributed by atoms with Crippen LogP contribution in [0.2, 0.25) is 0 Å². The molecule has 0 bridgehead atoms. The van der Waals surface area contributed by atoms with Crippen LogP contribution < -0.4 is 0 Å². The summed E-state index contributed by atoms with van der Waals surface area (Å²) in [6.07, 6.45) is -0.925. The molecule has 4 nitrogen and oxygen atoms in total. The summed E-state index contributed by atoms with van der Waals surface area (Å²) in [5.41, 5.74) is 0. The molecule has 0 aromatic carbocycles. The topological polar surface area (TPSA) is 55.8 Å². The van der Waals surface area contributed by atoms with E-state index in [1.54, 1.807) is 13.8 Å². The van der Waals surface area contributed by atoms with Gasteiger partial charge in [-0.3, -0.25) is 4.57 Å². The van der Waals surface area contributed by atoms with E-state index in [1.165, 1.54) is 6.92 Å². The molecule has 0 amide bonds. The Balaban J connectivity index is 4.47. The van der Waals surface area contributed by atoms with E-state index < -0.39 is 18.8 Å². The highest BCUT2D eigenvalue weighted by Crippen LogP contribution is 2.55. The Morgan fingerprint density at radius 2 is 1.77 bits per heavy atom. The van der Waals surface area contributed by atoms with Crippen LogP contribution in [0.25, 0.3) is 0 Å². The third-order valence-corrected chi connectivity index (χ3v) is 4.67. The zero-order chi connectivity index (χ0) is 10.5. The molecule has 0 aliphatic heterocycles. The number of hydrogen-bond donors (Lipinski definition) is 1. The monoisotopic (exact) mass is 230 g/mol. The summed E-state index contributed by atoms with van der Waals surface area (Å²) in [5.74, 6) is 0. The van der Waals surface area contributed by atoms with Crippen LogP contribution in [0.5, 0.6) is 0 Å². The lowest BCUT2D eigenvalue weighted by Crippen LogP contribution is -2.19. The fourth-order valence-electron chi connectivity index (χ4n) is 0.804. The predicted octanol–water partition coefficient (Wildman–Crippen LogP) is 2.20.